The molecule has 0 spiro atoms. The van der Waals surface area contributed by atoms with E-state index in [4.69, 9.17) is 10.5 Å². The molecular weight excluding hydrogens is 283 g/mol. The van der Waals surface area contributed by atoms with Gasteiger partial charge < -0.3 is 10.5 Å². The molecule has 0 aromatic heterocycles. The lowest BCUT2D eigenvalue weighted by molar-refractivity contribution is -0.137. The van der Waals surface area contributed by atoms with Gasteiger partial charge in [0.25, 0.3) is 5.91 Å². The summed E-state index contributed by atoms with van der Waals surface area (Å²) in [5, 5.41) is -0.146. The first-order valence-corrected chi connectivity index (χ1v) is 5.34. The average Bonchev–Trinajstić information content (AvgIpc) is 2.33. The summed E-state index contributed by atoms with van der Waals surface area (Å²) in [6.07, 6.45) is -4.46. The summed E-state index contributed by atoms with van der Waals surface area (Å²) < 4.78 is 42.1. The number of halogens is 3. The molecule has 0 aliphatic heterocycles. The number of thiocarbonyl (C=S) groups is 1. The Morgan fingerprint density at radius 2 is 2.05 bits per heavy atom. The molecule has 1 aromatic carbocycles. The third-order valence-electron chi connectivity index (χ3n) is 1.86. The maximum Gasteiger partial charge on any atom is 0.416 e. The van der Waals surface area contributed by atoms with Crippen molar-refractivity contribution in [1.82, 2.24) is 10.9 Å². The number of hydrazine groups is 1. The van der Waals surface area contributed by atoms with E-state index in [9.17, 15) is 18.0 Å². The molecule has 0 heterocycles. The topological polar surface area (TPSA) is 76.4 Å². The van der Waals surface area contributed by atoms with Crippen molar-refractivity contribution in [2.45, 2.75) is 6.18 Å². The van der Waals surface area contributed by atoms with Gasteiger partial charge in [-0.15, -0.1) is 0 Å². The lowest BCUT2D eigenvalue weighted by Crippen LogP contribution is -2.46. The molecule has 0 unspecified atom stereocenters. The van der Waals surface area contributed by atoms with Gasteiger partial charge in [0, 0.05) is 0 Å². The van der Waals surface area contributed by atoms with E-state index >= 15 is 0 Å². The molecule has 19 heavy (non-hydrogen) atoms. The Morgan fingerprint density at radius 1 is 1.37 bits per heavy atom. The molecule has 4 N–H and O–H groups in total. The molecule has 0 fully saturated rings. The third-order valence-corrected chi connectivity index (χ3v) is 1.96. The van der Waals surface area contributed by atoms with Gasteiger partial charge in [0.05, 0.1) is 5.56 Å². The van der Waals surface area contributed by atoms with Gasteiger partial charge in [-0.3, -0.25) is 15.6 Å². The van der Waals surface area contributed by atoms with Gasteiger partial charge in [-0.1, -0.05) is 6.07 Å². The van der Waals surface area contributed by atoms with Crippen LogP contribution in [0.25, 0.3) is 0 Å². The molecule has 0 saturated carbocycles. The number of rotatable bonds is 3. The number of carbonyl (C=O) groups is 1. The second-order valence-electron chi connectivity index (χ2n) is 3.35. The zero-order valence-electron chi connectivity index (χ0n) is 9.45. The minimum absolute atomic E-state index is 0.0692. The Hall–Kier alpha value is -2.03. The van der Waals surface area contributed by atoms with Gasteiger partial charge in [-0.05, 0) is 30.4 Å². The Labute approximate surface area is 111 Å². The largest absolute Gasteiger partial charge is 0.484 e. The van der Waals surface area contributed by atoms with E-state index in [1.165, 1.54) is 12.1 Å². The van der Waals surface area contributed by atoms with Crippen LogP contribution in [0.4, 0.5) is 13.2 Å². The number of hydrogen-bond donors (Lipinski definition) is 3. The monoisotopic (exact) mass is 293 g/mol. The fourth-order valence-electron chi connectivity index (χ4n) is 1.08. The maximum absolute atomic E-state index is 12.4. The van der Waals surface area contributed by atoms with E-state index in [2.05, 4.69) is 23.1 Å². The van der Waals surface area contributed by atoms with Crippen LogP contribution in [0.2, 0.25) is 0 Å². The highest BCUT2D eigenvalue weighted by molar-refractivity contribution is 7.80. The van der Waals surface area contributed by atoms with Gasteiger partial charge in [0.1, 0.15) is 5.75 Å². The van der Waals surface area contributed by atoms with E-state index in [1.807, 2.05) is 0 Å². The van der Waals surface area contributed by atoms with Gasteiger partial charge in [-0.25, -0.2) is 0 Å². The summed E-state index contributed by atoms with van der Waals surface area (Å²) in [6, 6.07) is 4.20. The van der Waals surface area contributed by atoms with E-state index in [0.717, 1.165) is 12.1 Å². The number of carbonyl (C=O) groups excluding carboxylic acids is 1. The number of hydrogen-bond acceptors (Lipinski definition) is 3. The number of amides is 1. The van der Waals surface area contributed by atoms with Crippen molar-refractivity contribution in [2.75, 3.05) is 6.61 Å². The highest BCUT2D eigenvalue weighted by Crippen LogP contribution is 2.31. The number of nitrogens with two attached hydrogens (primary N) is 1. The smallest absolute Gasteiger partial charge is 0.416 e. The van der Waals surface area contributed by atoms with Crippen LogP contribution in [0.5, 0.6) is 5.75 Å². The number of nitrogens with one attached hydrogen (secondary N) is 2. The SMILES string of the molecule is NC(=S)NNC(=O)COc1cccc(C(F)(F)F)c1. The minimum atomic E-state index is -4.46. The molecular formula is C10H10F3N3O2S. The third kappa shape index (κ3) is 5.42. The van der Waals surface area contributed by atoms with Crippen molar-refractivity contribution in [2.24, 2.45) is 5.73 Å². The van der Waals surface area contributed by atoms with Gasteiger partial charge >= 0.3 is 6.18 Å². The Kier molecular flexibility index (Phi) is 4.93. The van der Waals surface area contributed by atoms with Crippen LogP contribution < -0.4 is 21.3 Å². The first-order valence-electron chi connectivity index (χ1n) is 4.93. The standard InChI is InChI=1S/C10H10F3N3O2S/c11-10(12,13)6-2-1-3-7(4-6)18-5-8(17)15-16-9(14)19/h1-4H,5H2,(H,15,17)(H3,14,16,19). The first kappa shape index (κ1) is 15.0. The lowest BCUT2D eigenvalue weighted by Gasteiger charge is -2.10. The molecule has 1 amide bonds. The second-order valence-corrected chi connectivity index (χ2v) is 3.79. The molecule has 9 heteroatoms. The normalized spacial score (nSPS) is 10.7. The molecule has 0 radical (unpaired) electrons. The molecule has 0 aliphatic rings. The van der Waals surface area contributed by atoms with Gasteiger partial charge in [0.15, 0.2) is 11.7 Å². The molecule has 1 rings (SSSR count). The van der Waals surface area contributed by atoms with E-state index in [1.54, 1.807) is 0 Å². The molecule has 0 bridgehead atoms. The highest BCUT2D eigenvalue weighted by Gasteiger charge is 2.30. The zero-order chi connectivity index (χ0) is 14.5. The van der Waals surface area contributed by atoms with Crippen LogP contribution in [-0.4, -0.2) is 17.6 Å². The van der Waals surface area contributed by atoms with E-state index < -0.39 is 24.3 Å². The van der Waals surface area contributed by atoms with Crippen LogP contribution in [-0.2, 0) is 11.0 Å². The van der Waals surface area contributed by atoms with Gasteiger partial charge in [0.2, 0.25) is 0 Å². The van der Waals surface area contributed by atoms with Crippen LogP contribution in [0.3, 0.4) is 0 Å². The minimum Gasteiger partial charge on any atom is -0.484 e. The maximum atomic E-state index is 12.4. The molecule has 104 valence electrons. The molecule has 0 saturated heterocycles. The van der Waals surface area contributed by atoms with Gasteiger partial charge in [-0.2, -0.15) is 13.2 Å². The zero-order valence-corrected chi connectivity index (χ0v) is 10.3. The fourth-order valence-corrected chi connectivity index (χ4v) is 1.13. The predicted molar refractivity (Wildman–Crippen MR) is 65.0 cm³/mol. The number of benzene rings is 1. The quantitative estimate of drug-likeness (QED) is 0.571. The molecule has 5 nitrogen and oxygen atoms in total. The van der Waals surface area contributed by atoms with E-state index in [-0.39, 0.29) is 10.9 Å². The van der Waals surface area contributed by atoms with E-state index in [0.29, 0.717) is 0 Å². The summed E-state index contributed by atoms with van der Waals surface area (Å²) in [7, 11) is 0. The number of ether oxygens (including phenoxy) is 1. The Balaban J connectivity index is 2.54. The summed E-state index contributed by atoms with van der Waals surface area (Å²) in [4.78, 5) is 11.2. The van der Waals surface area contributed by atoms with Crippen molar-refractivity contribution in [1.29, 1.82) is 0 Å². The van der Waals surface area contributed by atoms with Crippen molar-refractivity contribution in [3.63, 3.8) is 0 Å². The Bertz CT molecular complexity index is 479. The highest BCUT2D eigenvalue weighted by atomic mass is 32.1. The first-order chi connectivity index (χ1) is 8.79. The summed E-state index contributed by atoms with van der Waals surface area (Å²) in [5.74, 6) is -0.703. The summed E-state index contributed by atoms with van der Waals surface area (Å²) >= 11 is 4.44. The van der Waals surface area contributed by atoms with Crippen molar-refractivity contribution in [3.8, 4) is 5.75 Å². The van der Waals surface area contributed by atoms with Crippen LogP contribution >= 0.6 is 12.2 Å². The molecule has 0 aliphatic carbocycles. The van der Waals surface area contributed by atoms with Crippen molar-refractivity contribution < 1.29 is 22.7 Å². The average molecular weight is 293 g/mol. The van der Waals surface area contributed by atoms with Crippen LogP contribution in [0, 0.1) is 0 Å². The fraction of sp³-hybridized carbons (Fsp3) is 0.200. The van der Waals surface area contributed by atoms with Crippen molar-refractivity contribution >= 4 is 23.2 Å². The lowest BCUT2D eigenvalue weighted by atomic mass is 10.2. The van der Waals surface area contributed by atoms with Crippen LogP contribution in [0.15, 0.2) is 24.3 Å². The predicted octanol–water partition coefficient (Wildman–Crippen LogP) is 0.949. The molecule has 1 aromatic rings. The molecule has 0 atom stereocenters. The van der Waals surface area contributed by atoms with Crippen LogP contribution in [0.1, 0.15) is 5.56 Å². The summed E-state index contributed by atoms with van der Waals surface area (Å²) in [6.45, 7) is -0.475. The van der Waals surface area contributed by atoms with Crippen molar-refractivity contribution in [3.05, 3.63) is 29.8 Å². The second kappa shape index (κ2) is 6.23. The Morgan fingerprint density at radius 3 is 2.63 bits per heavy atom. The number of alkyl halides is 3. The summed E-state index contributed by atoms with van der Waals surface area (Å²) in [5.41, 5.74) is 8.46.